The Hall–Kier alpha value is -1.57. The Morgan fingerprint density at radius 3 is 2.89 bits per heavy atom. The van der Waals surface area contributed by atoms with Gasteiger partial charge in [-0.15, -0.1) is 24.8 Å². The van der Waals surface area contributed by atoms with Crippen LogP contribution in [0.3, 0.4) is 0 Å². The topological polar surface area (TPSA) is 86.4 Å². The molecule has 3 aliphatic rings. The summed E-state index contributed by atoms with van der Waals surface area (Å²) in [5.74, 6) is 1.35. The Kier molecular flexibility index (Phi) is 7.31. The number of carbonyl (C=O) groups excluding carboxylic acids is 2. The second-order valence-corrected chi connectivity index (χ2v) is 7.36. The molecule has 2 saturated heterocycles. The smallest absolute Gasteiger partial charge is 0.239 e. The van der Waals surface area contributed by atoms with Gasteiger partial charge < -0.3 is 20.9 Å². The summed E-state index contributed by atoms with van der Waals surface area (Å²) in [6.07, 6.45) is 6.14. The van der Waals surface area contributed by atoms with Crippen LogP contribution in [-0.2, 0) is 9.59 Å². The Morgan fingerprint density at radius 2 is 2.15 bits per heavy atom. The summed E-state index contributed by atoms with van der Waals surface area (Å²) < 4.78 is 0. The van der Waals surface area contributed by atoms with Gasteiger partial charge in [0.05, 0.1) is 23.8 Å². The zero-order chi connectivity index (χ0) is 17.3. The highest BCUT2D eigenvalue weighted by molar-refractivity contribution is 5.96. The van der Waals surface area contributed by atoms with Crippen molar-refractivity contribution in [3.8, 4) is 0 Å². The summed E-state index contributed by atoms with van der Waals surface area (Å²) in [6.45, 7) is 3.44. The van der Waals surface area contributed by atoms with E-state index in [9.17, 15) is 9.59 Å². The lowest BCUT2D eigenvalue weighted by molar-refractivity contribution is -0.128. The van der Waals surface area contributed by atoms with Crippen LogP contribution < -0.4 is 20.9 Å². The molecular formula is C18H27Cl2N5O2. The summed E-state index contributed by atoms with van der Waals surface area (Å²) in [4.78, 5) is 30.8. The van der Waals surface area contributed by atoms with E-state index >= 15 is 0 Å². The van der Waals surface area contributed by atoms with Crippen LogP contribution in [0.4, 0.5) is 11.5 Å². The highest BCUT2D eigenvalue weighted by Crippen LogP contribution is 2.44. The van der Waals surface area contributed by atoms with E-state index in [1.807, 2.05) is 17.0 Å². The molecule has 0 unspecified atom stereocenters. The number of nitrogens with zero attached hydrogens (tertiary/aromatic N) is 2. The standard InChI is InChI=1S/C18H25N5O2.2ClH/c24-16-11-23(8-7-20-16)15-5-4-14(10-21-15)22-17(25)18-6-2-1-3-13(18)9-19-12-18;;/h4-5,10,13,19H,1-3,6-9,11-12H2,(H,20,24)(H,22,25);2*1H/t13-,18+;;/m0../s1. The molecule has 7 nitrogen and oxygen atoms in total. The summed E-state index contributed by atoms with van der Waals surface area (Å²) in [7, 11) is 0. The van der Waals surface area contributed by atoms with Crippen LogP contribution in [0.1, 0.15) is 25.7 Å². The predicted octanol–water partition coefficient (Wildman–Crippen LogP) is 1.58. The average molecular weight is 416 g/mol. The van der Waals surface area contributed by atoms with Crippen molar-refractivity contribution >= 4 is 48.1 Å². The molecule has 1 aromatic rings. The van der Waals surface area contributed by atoms with Gasteiger partial charge in [0.15, 0.2) is 0 Å². The van der Waals surface area contributed by atoms with E-state index in [4.69, 9.17) is 0 Å². The first kappa shape index (κ1) is 21.7. The monoisotopic (exact) mass is 415 g/mol. The molecule has 1 aromatic heterocycles. The fourth-order valence-corrected chi connectivity index (χ4v) is 4.43. The second-order valence-electron chi connectivity index (χ2n) is 7.36. The highest BCUT2D eigenvalue weighted by Gasteiger charge is 2.49. The van der Waals surface area contributed by atoms with Crippen molar-refractivity contribution in [2.45, 2.75) is 25.7 Å². The normalized spacial score (nSPS) is 26.9. The number of anilines is 2. The van der Waals surface area contributed by atoms with Gasteiger partial charge in [0.1, 0.15) is 5.82 Å². The van der Waals surface area contributed by atoms with Crippen LogP contribution in [0.15, 0.2) is 18.3 Å². The lowest BCUT2D eigenvalue weighted by atomic mass is 9.67. The van der Waals surface area contributed by atoms with E-state index in [-0.39, 0.29) is 42.0 Å². The lowest BCUT2D eigenvalue weighted by Gasteiger charge is -2.37. The third-order valence-electron chi connectivity index (χ3n) is 5.86. The maximum Gasteiger partial charge on any atom is 0.239 e. The molecule has 1 aliphatic carbocycles. The summed E-state index contributed by atoms with van der Waals surface area (Å²) in [5, 5.41) is 9.29. The first-order valence-corrected chi connectivity index (χ1v) is 9.17. The number of hydrogen-bond donors (Lipinski definition) is 3. The molecule has 1 saturated carbocycles. The molecule has 0 radical (unpaired) electrons. The number of pyridine rings is 1. The fraction of sp³-hybridized carbons (Fsp3) is 0.611. The van der Waals surface area contributed by atoms with Gasteiger partial charge in [-0.1, -0.05) is 12.8 Å². The number of aromatic nitrogens is 1. The van der Waals surface area contributed by atoms with E-state index in [2.05, 4.69) is 20.9 Å². The van der Waals surface area contributed by atoms with E-state index < -0.39 is 0 Å². The predicted molar refractivity (Wildman–Crippen MR) is 110 cm³/mol. The molecular weight excluding hydrogens is 389 g/mol. The van der Waals surface area contributed by atoms with Gasteiger partial charge in [0.2, 0.25) is 11.8 Å². The number of carbonyl (C=O) groups is 2. The number of halogens is 2. The summed E-state index contributed by atoms with van der Waals surface area (Å²) >= 11 is 0. The molecule has 27 heavy (non-hydrogen) atoms. The zero-order valence-corrected chi connectivity index (χ0v) is 16.8. The number of piperazine rings is 1. The number of fused-ring (bicyclic) bond motifs is 1. The van der Waals surface area contributed by atoms with Crippen molar-refractivity contribution in [2.24, 2.45) is 11.3 Å². The molecule has 4 rings (SSSR count). The third kappa shape index (κ3) is 4.31. The zero-order valence-electron chi connectivity index (χ0n) is 15.2. The lowest BCUT2D eigenvalue weighted by Crippen LogP contribution is -2.48. The molecule has 0 aromatic carbocycles. The van der Waals surface area contributed by atoms with E-state index in [0.29, 0.717) is 19.0 Å². The van der Waals surface area contributed by atoms with Crippen molar-refractivity contribution in [3.05, 3.63) is 18.3 Å². The SMILES string of the molecule is Cl.Cl.O=C1CN(c2ccc(NC(=O)[C@@]34CCCC[C@H]3CNC4)cn2)CCN1. The van der Waals surface area contributed by atoms with Crippen LogP contribution in [0.5, 0.6) is 0 Å². The molecule has 9 heteroatoms. The molecule has 2 aliphatic heterocycles. The molecule has 2 amide bonds. The average Bonchev–Trinajstić information content (AvgIpc) is 3.08. The number of rotatable bonds is 3. The first-order valence-electron chi connectivity index (χ1n) is 9.17. The van der Waals surface area contributed by atoms with Gasteiger partial charge in [-0.05, 0) is 37.4 Å². The maximum absolute atomic E-state index is 13.0. The van der Waals surface area contributed by atoms with E-state index in [0.717, 1.165) is 50.4 Å². The van der Waals surface area contributed by atoms with Crippen LogP contribution in [0.2, 0.25) is 0 Å². The molecule has 3 heterocycles. The summed E-state index contributed by atoms with van der Waals surface area (Å²) in [6, 6.07) is 3.75. The van der Waals surface area contributed by atoms with E-state index in [1.165, 1.54) is 6.42 Å². The Labute approximate surface area is 171 Å². The molecule has 2 atom stereocenters. The molecule has 150 valence electrons. The maximum atomic E-state index is 13.0. The van der Waals surface area contributed by atoms with Crippen LogP contribution >= 0.6 is 24.8 Å². The van der Waals surface area contributed by atoms with Crippen LogP contribution in [-0.4, -0.2) is 49.5 Å². The minimum Gasteiger partial charge on any atom is -0.353 e. The van der Waals surface area contributed by atoms with Crippen LogP contribution in [0, 0.1) is 11.3 Å². The van der Waals surface area contributed by atoms with Gasteiger partial charge in [-0.3, -0.25) is 9.59 Å². The Bertz CT molecular complexity index is 672. The van der Waals surface area contributed by atoms with Crippen molar-refractivity contribution in [1.29, 1.82) is 0 Å². The highest BCUT2D eigenvalue weighted by atomic mass is 35.5. The molecule has 0 spiro atoms. The fourth-order valence-electron chi connectivity index (χ4n) is 4.43. The van der Waals surface area contributed by atoms with E-state index in [1.54, 1.807) is 6.20 Å². The minimum absolute atomic E-state index is 0. The van der Waals surface area contributed by atoms with Gasteiger partial charge in [0.25, 0.3) is 0 Å². The summed E-state index contributed by atoms with van der Waals surface area (Å²) in [5.41, 5.74) is 0.461. The molecule has 3 fully saturated rings. The third-order valence-corrected chi connectivity index (χ3v) is 5.86. The van der Waals surface area contributed by atoms with Crippen molar-refractivity contribution < 1.29 is 9.59 Å². The molecule has 3 N–H and O–H groups in total. The van der Waals surface area contributed by atoms with Crippen molar-refractivity contribution in [3.63, 3.8) is 0 Å². The Morgan fingerprint density at radius 1 is 1.30 bits per heavy atom. The first-order chi connectivity index (χ1) is 12.2. The number of nitrogens with one attached hydrogen (secondary N) is 3. The largest absolute Gasteiger partial charge is 0.353 e. The van der Waals surface area contributed by atoms with Gasteiger partial charge in [0, 0.05) is 19.6 Å². The minimum atomic E-state index is -0.262. The number of hydrogen-bond acceptors (Lipinski definition) is 5. The van der Waals surface area contributed by atoms with Crippen LogP contribution in [0.25, 0.3) is 0 Å². The van der Waals surface area contributed by atoms with Gasteiger partial charge in [-0.25, -0.2) is 4.98 Å². The number of amides is 2. The van der Waals surface area contributed by atoms with Crippen molar-refractivity contribution in [2.75, 3.05) is 42.9 Å². The van der Waals surface area contributed by atoms with Gasteiger partial charge in [-0.2, -0.15) is 0 Å². The Balaban J connectivity index is 0.00000131. The van der Waals surface area contributed by atoms with Gasteiger partial charge >= 0.3 is 0 Å². The molecule has 0 bridgehead atoms. The van der Waals surface area contributed by atoms with Crippen molar-refractivity contribution in [1.82, 2.24) is 15.6 Å². The second kappa shape index (κ2) is 9.08. The quantitative estimate of drug-likeness (QED) is 0.697.